The van der Waals surface area contributed by atoms with Crippen LogP contribution >= 0.6 is 0 Å². The van der Waals surface area contributed by atoms with Crippen molar-refractivity contribution >= 4 is 10.9 Å². The number of aromatic amines is 1. The number of benzene rings is 1. The minimum absolute atomic E-state index is 0.204. The number of halogens is 3. The van der Waals surface area contributed by atoms with Crippen molar-refractivity contribution < 1.29 is 17.9 Å². The number of H-pyrrole nitrogens is 1. The average Bonchev–Trinajstić information content (AvgIpc) is 2.58. The first-order valence-electron chi connectivity index (χ1n) is 4.54. The summed E-state index contributed by atoms with van der Waals surface area (Å²) in [7, 11) is 1.20. The molecule has 86 valence electrons. The third kappa shape index (κ3) is 1.50. The molecule has 0 amide bonds. The maximum Gasteiger partial charge on any atom is 0.420 e. The first-order chi connectivity index (χ1) is 7.45. The number of rotatable bonds is 1. The van der Waals surface area contributed by atoms with Crippen molar-refractivity contribution in [3.05, 3.63) is 23.4 Å². The largest absolute Gasteiger partial charge is 0.494 e. The van der Waals surface area contributed by atoms with E-state index in [0.717, 1.165) is 6.07 Å². The number of hydrogen-bond donors (Lipinski definition) is 1. The van der Waals surface area contributed by atoms with Crippen LogP contribution in [0.5, 0.6) is 5.75 Å². The highest BCUT2D eigenvalue weighted by Gasteiger charge is 2.35. The van der Waals surface area contributed by atoms with Gasteiger partial charge < -0.3 is 4.74 Å². The van der Waals surface area contributed by atoms with Crippen molar-refractivity contribution in [1.82, 2.24) is 10.2 Å². The van der Waals surface area contributed by atoms with E-state index < -0.39 is 11.7 Å². The molecule has 0 saturated heterocycles. The fourth-order valence-corrected chi connectivity index (χ4v) is 1.61. The molecule has 0 aliphatic heterocycles. The SMILES string of the molecule is COc1c(C(F)(F)F)ccc2c(C)[nH]nc12. The molecule has 0 bridgehead atoms. The summed E-state index contributed by atoms with van der Waals surface area (Å²) in [6, 6.07) is 2.39. The molecule has 1 N–H and O–H groups in total. The van der Waals surface area contributed by atoms with E-state index in [1.807, 2.05) is 0 Å². The molecule has 6 heteroatoms. The number of nitrogens with zero attached hydrogens (tertiary/aromatic N) is 1. The number of aromatic nitrogens is 2. The monoisotopic (exact) mass is 230 g/mol. The highest BCUT2D eigenvalue weighted by atomic mass is 19.4. The van der Waals surface area contributed by atoms with Gasteiger partial charge in [-0.3, -0.25) is 5.10 Å². The smallest absolute Gasteiger partial charge is 0.420 e. The van der Waals surface area contributed by atoms with Crippen molar-refractivity contribution in [2.45, 2.75) is 13.1 Å². The predicted octanol–water partition coefficient (Wildman–Crippen LogP) is 2.90. The van der Waals surface area contributed by atoms with Crippen molar-refractivity contribution in [3.8, 4) is 5.75 Å². The standard InChI is InChI=1S/C10H9F3N2O/c1-5-6-3-4-7(10(11,12)13)9(16-2)8(6)15-14-5/h3-4H,1-2H3,(H,14,15). The Morgan fingerprint density at radius 2 is 2.00 bits per heavy atom. The van der Waals surface area contributed by atoms with Gasteiger partial charge in [0.2, 0.25) is 0 Å². The third-order valence-electron chi connectivity index (χ3n) is 2.38. The highest BCUT2D eigenvalue weighted by Crippen LogP contribution is 2.40. The molecule has 0 unspecified atom stereocenters. The zero-order valence-electron chi connectivity index (χ0n) is 8.64. The van der Waals surface area contributed by atoms with E-state index in [1.54, 1.807) is 6.92 Å². The summed E-state index contributed by atoms with van der Waals surface area (Å²) in [5.74, 6) is -0.241. The van der Waals surface area contributed by atoms with Crippen molar-refractivity contribution in [2.24, 2.45) is 0 Å². The van der Waals surface area contributed by atoms with E-state index in [-0.39, 0.29) is 11.3 Å². The normalized spacial score (nSPS) is 12.1. The highest BCUT2D eigenvalue weighted by molar-refractivity contribution is 5.88. The van der Waals surface area contributed by atoms with Gasteiger partial charge in [0.05, 0.1) is 12.7 Å². The molecule has 0 saturated carbocycles. The average molecular weight is 230 g/mol. The predicted molar refractivity (Wildman–Crippen MR) is 52.4 cm³/mol. The van der Waals surface area contributed by atoms with Gasteiger partial charge in [-0.05, 0) is 13.0 Å². The molecule has 0 atom stereocenters. The Hall–Kier alpha value is -1.72. The summed E-state index contributed by atoms with van der Waals surface area (Å²) in [4.78, 5) is 0. The van der Waals surface area contributed by atoms with E-state index in [4.69, 9.17) is 4.74 Å². The van der Waals surface area contributed by atoms with Crippen LogP contribution in [0.1, 0.15) is 11.3 Å². The van der Waals surface area contributed by atoms with E-state index in [1.165, 1.54) is 13.2 Å². The Morgan fingerprint density at radius 1 is 1.31 bits per heavy atom. The summed E-state index contributed by atoms with van der Waals surface area (Å²) in [6.45, 7) is 1.74. The second-order valence-electron chi connectivity index (χ2n) is 3.39. The topological polar surface area (TPSA) is 37.9 Å². The van der Waals surface area contributed by atoms with Crippen LogP contribution in [0.2, 0.25) is 0 Å². The summed E-state index contributed by atoms with van der Waals surface area (Å²) >= 11 is 0. The Kier molecular flexibility index (Phi) is 2.29. The summed E-state index contributed by atoms with van der Waals surface area (Å²) < 4.78 is 42.8. The summed E-state index contributed by atoms with van der Waals surface area (Å²) in [5, 5.41) is 7.08. The minimum Gasteiger partial charge on any atom is -0.494 e. The van der Waals surface area contributed by atoms with Crippen molar-refractivity contribution in [2.75, 3.05) is 7.11 Å². The van der Waals surface area contributed by atoms with Gasteiger partial charge in [0.15, 0.2) is 5.75 Å². The lowest BCUT2D eigenvalue weighted by Gasteiger charge is -2.11. The summed E-state index contributed by atoms with van der Waals surface area (Å²) in [5.41, 5.74) is 0.103. The Morgan fingerprint density at radius 3 is 2.56 bits per heavy atom. The summed E-state index contributed by atoms with van der Waals surface area (Å²) in [6.07, 6.45) is -4.44. The lowest BCUT2D eigenvalue weighted by molar-refractivity contribution is -0.138. The lowest BCUT2D eigenvalue weighted by atomic mass is 10.1. The van der Waals surface area contributed by atoms with Crippen LogP contribution in [0.4, 0.5) is 13.2 Å². The Bertz CT molecular complexity index is 531. The molecule has 0 aliphatic rings. The van der Waals surface area contributed by atoms with Crippen molar-refractivity contribution in [3.63, 3.8) is 0 Å². The molecule has 0 aliphatic carbocycles. The molecule has 0 radical (unpaired) electrons. The molecule has 3 nitrogen and oxygen atoms in total. The quantitative estimate of drug-likeness (QED) is 0.817. The fourth-order valence-electron chi connectivity index (χ4n) is 1.61. The van der Waals surface area contributed by atoms with Crippen LogP contribution in [-0.2, 0) is 6.18 Å². The van der Waals surface area contributed by atoms with Gasteiger partial charge >= 0.3 is 6.18 Å². The molecule has 0 fully saturated rings. The first kappa shape index (κ1) is 10.8. The number of hydrogen-bond acceptors (Lipinski definition) is 2. The van der Waals surface area contributed by atoms with Gasteiger partial charge in [-0.25, -0.2) is 0 Å². The number of alkyl halides is 3. The fraction of sp³-hybridized carbons (Fsp3) is 0.300. The Balaban J connectivity index is 2.78. The molecule has 0 spiro atoms. The van der Waals surface area contributed by atoms with Gasteiger partial charge in [0, 0.05) is 11.1 Å². The van der Waals surface area contributed by atoms with E-state index in [0.29, 0.717) is 11.1 Å². The second kappa shape index (κ2) is 3.40. The van der Waals surface area contributed by atoms with Crippen LogP contribution in [-0.4, -0.2) is 17.3 Å². The second-order valence-corrected chi connectivity index (χ2v) is 3.39. The van der Waals surface area contributed by atoms with E-state index in [2.05, 4.69) is 10.2 Å². The minimum atomic E-state index is -4.44. The van der Waals surface area contributed by atoms with Crippen LogP contribution in [0.3, 0.4) is 0 Å². The molecule has 2 aromatic rings. The van der Waals surface area contributed by atoms with Gasteiger partial charge in [0.1, 0.15) is 5.52 Å². The van der Waals surface area contributed by atoms with Crippen LogP contribution in [0.15, 0.2) is 12.1 Å². The molecule has 2 rings (SSSR count). The zero-order valence-corrected chi connectivity index (χ0v) is 8.64. The number of methoxy groups -OCH3 is 1. The lowest BCUT2D eigenvalue weighted by Crippen LogP contribution is -2.07. The molecule has 16 heavy (non-hydrogen) atoms. The number of aryl methyl sites for hydroxylation is 1. The molecular formula is C10H9F3N2O. The van der Waals surface area contributed by atoms with E-state index >= 15 is 0 Å². The first-order valence-corrected chi connectivity index (χ1v) is 4.54. The third-order valence-corrected chi connectivity index (χ3v) is 2.38. The van der Waals surface area contributed by atoms with Crippen LogP contribution < -0.4 is 4.74 Å². The Labute approximate surface area is 89.2 Å². The van der Waals surface area contributed by atoms with E-state index in [9.17, 15) is 13.2 Å². The van der Waals surface area contributed by atoms with Gasteiger partial charge in [-0.15, -0.1) is 0 Å². The molecular weight excluding hydrogens is 221 g/mol. The molecule has 1 aromatic heterocycles. The number of ether oxygens (including phenoxy) is 1. The van der Waals surface area contributed by atoms with Crippen LogP contribution in [0.25, 0.3) is 10.9 Å². The van der Waals surface area contributed by atoms with Gasteiger partial charge in [-0.2, -0.15) is 18.3 Å². The van der Waals surface area contributed by atoms with Crippen molar-refractivity contribution in [1.29, 1.82) is 0 Å². The zero-order chi connectivity index (χ0) is 11.9. The molecule has 1 aromatic carbocycles. The van der Waals surface area contributed by atoms with Gasteiger partial charge in [-0.1, -0.05) is 6.07 Å². The number of nitrogens with one attached hydrogen (secondary N) is 1. The van der Waals surface area contributed by atoms with Crippen LogP contribution in [0, 0.1) is 6.92 Å². The molecule has 1 heterocycles. The van der Waals surface area contributed by atoms with Gasteiger partial charge in [0.25, 0.3) is 0 Å². The number of fused-ring (bicyclic) bond motifs is 1. The maximum atomic E-state index is 12.7. The maximum absolute atomic E-state index is 12.7.